The van der Waals surface area contributed by atoms with Crippen molar-refractivity contribution >= 4 is 27.7 Å². The summed E-state index contributed by atoms with van der Waals surface area (Å²) >= 11 is 3.39. The first kappa shape index (κ1) is 15.8. The lowest BCUT2D eigenvalue weighted by Gasteiger charge is -2.20. The molecule has 0 heterocycles. The number of carbonyl (C=O) groups is 1. The lowest BCUT2D eigenvalue weighted by Crippen LogP contribution is -2.27. The third kappa shape index (κ3) is 5.51. The Morgan fingerprint density at radius 3 is 2.58 bits per heavy atom. The molecule has 0 aliphatic heterocycles. The van der Waals surface area contributed by atoms with Crippen molar-refractivity contribution in [2.75, 3.05) is 17.8 Å². The van der Waals surface area contributed by atoms with E-state index >= 15 is 0 Å². The fourth-order valence-corrected chi connectivity index (χ4v) is 1.97. The fourth-order valence-electron chi connectivity index (χ4n) is 1.52. The topological polar surface area (TPSA) is 47.6 Å². The number of hydrogen-bond donors (Lipinski definition) is 1. The van der Waals surface area contributed by atoms with Crippen LogP contribution in [0, 0.1) is 0 Å². The summed E-state index contributed by atoms with van der Waals surface area (Å²) in [6.07, 6.45) is 0.419. The number of hydrogen-bond acceptors (Lipinski definition) is 3. The van der Waals surface area contributed by atoms with Crippen LogP contribution in [-0.2, 0) is 11.2 Å². The Balaban J connectivity index is 2.80. The van der Waals surface area contributed by atoms with Gasteiger partial charge in [-0.05, 0) is 44.9 Å². The normalized spacial score (nSPS) is 11.0. The summed E-state index contributed by atoms with van der Waals surface area (Å²) in [6.45, 7) is 5.47. The van der Waals surface area contributed by atoms with Crippen molar-refractivity contribution in [1.82, 2.24) is 0 Å². The van der Waals surface area contributed by atoms with E-state index in [2.05, 4.69) is 21.2 Å². The predicted octanol–water partition coefficient (Wildman–Crippen LogP) is 3.98. The number of rotatable bonds is 4. The molecule has 0 saturated heterocycles. The van der Waals surface area contributed by atoms with Gasteiger partial charge in [0.1, 0.15) is 11.4 Å². The van der Waals surface area contributed by atoms with Gasteiger partial charge in [0, 0.05) is 5.33 Å². The second-order valence-electron chi connectivity index (χ2n) is 5.10. The van der Waals surface area contributed by atoms with E-state index in [-0.39, 0.29) is 0 Å². The minimum Gasteiger partial charge on any atom is -0.495 e. The molecule has 5 heteroatoms. The van der Waals surface area contributed by atoms with Crippen LogP contribution < -0.4 is 10.1 Å². The van der Waals surface area contributed by atoms with E-state index in [0.717, 1.165) is 17.3 Å². The summed E-state index contributed by atoms with van der Waals surface area (Å²) in [7, 11) is 1.58. The molecule has 1 aromatic carbocycles. The summed E-state index contributed by atoms with van der Waals surface area (Å²) in [5.41, 5.74) is 1.23. The number of benzene rings is 1. The predicted molar refractivity (Wildman–Crippen MR) is 80.3 cm³/mol. The molecule has 0 unspecified atom stereocenters. The molecule has 1 aromatic rings. The molecule has 0 fully saturated rings. The summed E-state index contributed by atoms with van der Waals surface area (Å²) in [6, 6.07) is 5.69. The Kier molecular flexibility index (Phi) is 5.66. The average molecular weight is 330 g/mol. The SMILES string of the molecule is COc1cc(CCBr)ccc1NC(=O)OC(C)(C)C. The maximum absolute atomic E-state index is 11.7. The highest BCUT2D eigenvalue weighted by Gasteiger charge is 2.17. The maximum Gasteiger partial charge on any atom is 0.412 e. The van der Waals surface area contributed by atoms with Gasteiger partial charge in [0.05, 0.1) is 12.8 Å². The zero-order valence-electron chi connectivity index (χ0n) is 11.7. The van der Waals surface area contributed by atoms with Crippen LogP contribution in [0.5, 0.6) is 5.75 Å². The summed E-state index contributed by atoms with van der Waals surface area (Å²) in [4.78, 5) is 11.7. The molecule has 19 heavy (non-hydrogen) atoms. The van der Waals surface area contributed by atoms with E-state index in [1.807, 2.05) is 39.0 Å². The molecule has 0 radical (unpaired) electrons. The summed E-state index contributed by atoms with van der Waals surface area (Å²) in [5.74, 6) is 0.629. The standard InChI is InChI=1S/C14H20BrNO3/c1-14(2,3)19-13(17)16-11-6-5-10(7-8-15)9-12(11)18-4/h5-6,9H,7-8H2,1-4H3,(H,16,17). The largest absolute Gasteiger partial charge is 0.495 e. The third-order valence-corrected chi connectivity index (χ3v) is 2.68. The van der Waals surface area contributed by atoms with E-state index in [9.17, 15) is 4.79 Å². The number of halogens is 1. The van der Waals surface area contributed by atoms with Gasteiger partial charge < -0.3 is 9.47 Å². The quantitative estimate of drug-likeness (QED) is 0.850. The second-order valence-corrected chi connectivity index (χ2v) is 5.89. The van der Waals surface area contributed by atoms with Crippen LogP contribution in [0.2, 0.25) is 0 Å². The van der Waals surface area contributed by atoms with Crippen LogP contribution in [-0.4, -0.2) is 24.1 Å². The highest BCUT2D eigenvalue weighted by Crippen LogP contribution is 2.26. The minimum absolute atomic E-state index is 0.487. The Bertz CT molecular complexity index is 441. The Morgan fingerprint density at radius 1 is 1.37 bits per heavy atom. The van der Waals surface area contributed by atoms with E-state index in [4.69, 9.17) is 9.47 Å². The number of ether oxygens (including phenoxy) is 2. The number of carbonyl (C=O) groups excluding carboxylic acids is 1. The van der Waals surface area contributed by atoms with Crippen molar-refractivity contribution < 1.29 is 14.3 Å². The fraction of sp³-hybridized carbons (Fsp3) is 0.500. The third-order valence-electron chi connectivity index (χ3n) is 2.28. The molecule has 0 spiro atoms. The molecule has 4 nitrogen and oxygen atoms in total. The molecule has 0 atom stereocenters. The van der Waals surface area contributed by atoms with Crippen LogP contribution in [0.3, 0.4) is 0 Å². The molecule has 0 saturated carbocycles. The van der Waals surface area contributed by atoms with Crippen molar-refractivity contribution in [3.63, 3.8) is 0 Å². The number of anilines is 1. The minimum atomic E-state index is -0.521. The summed E-state index contributed by atoms with van der Waals surface area (Å²) < 4.78 is 10.5. The van der Waals surface area contributed by atoms with Crippen molar-refractivity contribution in [1.29, 1.82) is 0 Å². The Hall–Kier alpha value is -1.23. The molecule has 1 N–H and O–H groups in total. The monoisotopic (exact) mass is 329 g/mol. The van der Waals surface area contributed by atoms with Crippen molar-refractivity contribution in [3.05, 3.63) is 23.8 Å². The van der Waals surface area contributed by atoms with Gasteiger partial charge in [0.15, 0.2) is 0 Å². The number of alkyl halides is 1. The van der Waals surface area contributed by atoms with Crippen LogP contribution in [0.25, 0.3) is 0 Å². The van der Waals surface area contributed by atoms with Gasteiger partial charge in [-0.15, -0.1) is 0 Å². The first-order valence-electron chi connectivity index (χ1n) is 6.08. The van der Waals surface area contributed by atoms with Gasteiger partial charge in [-0.3, -0.25) is 5.32 Å². The first-order valence-corrected chi connectivity index (χ1v) is 7.21. The lowest BCUT2D eigenvalue weighted by molar-refractivity contribution is 0.0635. The van der Waals surface area contributed by atoms with Gasteiger partial charge >= 0.3 is 6.09 Å². The van der Waals surface area contributed by atoms with Crippen LogP contribution in [0.4, 0.5) is 10.5 Å². The Labute approximate surface area is 122 Å². The highest BCUT2D eigenvalue weighted by atomic mass is 79.9. The molecule has 0 aliphatic carbocycles. The number of methoxy groups -OCH3 is 1. The molecular formula is C14H20BrNO3. The smallest absolute Gasteiger partial charge is 0.412 e. The van der Waals surface area contributed by atoms with Gasteiger partial charge in [-0.25, -0.2) is 4.79 Å². The zero-order valence-corrected chi connectivity index (χ0v) is 13.3. The van der Waals surface area contributed by atoms with E-state index in [1.165, 1.54) is 0 Å². The van der Waals surface area contributed by atoms with Crippen LogP contribution in [0.15, 0.2) is 18.2 Å². The second kappa shape index (κ2) is 6.80. The molecule has 0 aromatic heterocycles. The maximum atomic E-state index is 11.7. The van der Waals surface area contributed by atoms with Gasteiger partial charge in [0.25, 0.3) is 0 Å². The Morgan fingerprint density at radius 2 is 2.05 bits per heavy atom. The lowest BCUT2D eigenvalue weighted by atomic mass is 10.1. The van der Waals surface area contributed by atoms with Crippen molar-refractivity contribution in [2.45, 2.75) is 32.8 Å². The van der Waals surface area contributed by atoms with E-state index in [1.54, 1.807) is 7.11 Å². The number of amides is 1. The van der Waals surface area contributed by atoms with E-state index in [0.29, 0.717) is 11.4 Å². The summed E-state index contributed by atoms with van der Waals surface area (Å²) in [5, 5.41) is 3.57. The van der Waals surface area contributed by atoms with Crippen LogP contribution >= 0.6 is 15.9 Å². The highest BCUT2D eigenvalue weighted by molar-refractivity contribution is 9.09. The van der Waals surface area contributed by atoms with Crippen LogP contribution in [0.1, 0.15) is 26.3 Å². The number of aryl methyl sites for hydroxylation is 1. The van der Waals surface area contributed by atoms with Gasteiger partial charge in [0.2, 0.25) is 0 Å². The van der Waals surface area contributed by atoms with Gasteiger partial charge in [-0.2, -0.15) is 0 Å². The van der Waals surface area contributed by atoms with E-state index < -0.39 is 11.7 Å². The molecule has 1 amide bonds. The molecule has 0 bridgehead atoms. The van der Waals surface area contributed by atoms with Gasteiger partial charge in [-0.1, -0.05) is 22.0 Å². The zero-order chi connectivity index (χ0) is 14.5. The van der Waals surface area contributed by atoms with Crippen molar-refractivity contribution in [3.8, 4) is 5.75 Å². The number of nitrogens with one attached hydrogen (secondary N) is 1. The molecule has 1 rings (SSSR count). The first-order chi connectivity index (χ1) is 8.85. The average Bonchev–Trinajstić information content (AvgIpc) is 2.29. The molecule has 0 aliphatic rings. The molecular weight excluding hydrogens is 310 g/mol. The van der Waals surface area contributed by atoms with Crippen molar-refractivity contribution in [2.24, 2.45) is 0 Å². The molecule has 106 valence electrons.